The number of nitrogens with one attached hydrogen (secondary N) is 2. The third-order valence-corrected chi connectivity index (χ3v) is 4.67. The van der Waals surface area contributed by atoms with Crippen LogP contribution in [0.15, 0.2) is 59.8 Å². The lowest BCUT2D eigenvalue weighted by Crippen LogP contribution is -2.15. The maximum absolute atomic E-state index is 14.4. The molecule has 0 bridgehead atoms. The Hall–Kier alpha value is -3.45. The predicted octanol–water partition coefficient (Wildman–Crippen LogP) is 4.05. The molecule has 0 spiro atoms. The SMILES string of the molecule is O=c1[nH]c2cnccc2n1-c1cc(-c2cc(Cl)ccc2F)nc2[nH]ccc12. The van der Waals surface area contributed by atoms with Crippen molar-refractivity contribution in [3.63, 3.8) is 0 Å². The van der Waals surface area contributed by atoms with Crippen molar-refractivity contribution >= 4 is 33.7 Å². The molecule has 132 valence electrons. The normalized spacial score (nSPS) is 11.5. The molecule has 1 aromatic carbocycles. The molecule has 2 N–H and O–H groups in total. The van der Waals surface area contributed by atoms with E-state index in [0.717, 1.165) is 5.39 Å². The summed E-state index contributed by atoms with van der Waals surface area (Å²) in [5, 5.41) is 1.14. The van der Waals surface area contributed by atoms with Crippen LogP contribution in [-0.2, 0) is 0 Å². The van der Waals surface area contributed by atoms with E-state index in [1.807, 2.05) is 6.07 Å². The van der Waals surface area contributed by atoms with Gasteiger partial charge in [0, 0.05) is 28.4 Å². The van der Waals surface area contributed by atoms with Gasteiger partial charge in [-0.15, -0.1) is 0 Å². The van der Waals surface area contributed by atoms with Crippen molar-refractivity contribution in [2.24, 2.45) is 0 Å². The van der Waals surface area contributed by atoms with Crippen molar-refractivity contribution in [2.45, 2.75) is 0 Å². The molecule has 0 saturated carbocycles. The molecule has 0 aliphatic rings. The number of H-pyrrole nitrogens is 2. The van der Waals surface area contributed by atoms with E-state index >= 15 is 0 Å². The minimum Gasteiger partial charge on any atom is -0.346 e. The van der Waals surface area contributed by atoms with Crippen LogP contribution in [0.4, 0.5) is 4.39 Å². The number of fused-ring (bicyclic) bond motifs is 2. The summed E-state index contributed by atoms with van der Waals surface area (Å²) in [5.74, 6) is -0.445. The van der Waals surface area contributed by atoms with Gasteiger partial charge in [-0.05, 0) is 36.4 Å². The van der Waals surface area contributed by atoms with Gasteiger partial charge in [0.05, 0.1) is 28.6 Å². The summed E-state index contributed by atoms with van der Waals surface area (Å²) in [7, 11) is 0. The largest absolute Gasteiger partial charge is 0.346 e. The molecule has 27 heavy (non-hydrogen) atoms. The molecule has 0 radical (unpaired) electrons. The molecule has 0 atom stereocenters. The van der Waals surface area contributed by atoms with Crippen LogP contribution in [0.1, 0.15) is 0 Å². The van der Waals surface area contributed by atoms with Crippen molar-refractivity contribution in [1.82, 2.24) is 24.5 Å². The molecule has 4 heterocycles. The van der Waals surface area contributed by atoms with E-state index in [1.165, 1.54) is 22.8 Å². The van der Waals surface area contributed by atoms with Crippen molar-refractivity contribution in [3.8, 4) is 16.9 Å². The molecule has 4 aromatic heterocycles. The highest BCUT2D eigenvalue weighted by Crippen LogP contribution is 2.30. The van der Waals surface area contributed by atoms with Gasteiger partial charge in [-0.1, -0.05) is 11.6 Å². The number of aromatic amines is 2. The van der Waals surface area contributed by atoms with Gasteiger partial charge in [0.15, 0.2) is 0 Å². The van der Waals surface area contributed by atoms with Gasteiger partial charge in [0.1, 0.15) is 11.5 Å². The fourth-order valence-corrected chi connectivity index (χ4v) is 3.41. The van der Waals surface area contributed by atoms with E-state index in [2.05, 4.69) is 19.9 Å². The van der Waals surface area contributed by atoms with Gasteiger partial charge in [0.25, 0.3) is 0 Å². The van der Waals surface area contributed by atoms with Gasteiger partial charge >= 0.3 is 5.69 Å². The summed E-state index contributed by atoms with van der Waals surface area (Å²) < 4.78 is 15.9. The topological polar surface area (TPSA) is 79.4 Å². The Morgan fingerprint density at radius 3 is 2.93 bits per heavy atom. The molecular weight excluding hydrogens is 369 g/mol. The summed E-state index contributed by atoms with van der Waals surface area (Å²) in [5.41, 5.74) is 2.71. The predicted molar refractivity (Wildman–Crippen MR) is 102 cm³/mol. The van der Waals surface area contributed by atoms with Crippen LogP contribution in [-0.4, -0.2) is 24.5 Å². The second kappa shape index (κ2) is 5.78. The summed E-state index contributed by atoms with van der Waals surface area (Å²) in [6.07, 6.45) is 4.92. The lowest BCUT2D eigenvalue weighted by Gasteiger charge is -2.09. The first-order valence-corrected chi connectivity index (χ1v) is 8.48. The minimum atomic E-state index is -0.445. The Balaban J connectivity index is 1.87. The van der Waals surface area contributed by atoms with Crippen LogP contribution in [0.25, 0.3) is 39.0 Å². The van der Waals surface area contributed by atoms with Crippen molar-refractivity contribution in [1.29, 1.82) is 0 Å². The Morgan fingerprint density at radius 2 is 2.04 bits per heavy atom. The van der Waals surface area contributed by atoms with E-state index < -0.39 is 5.82 Å². The average Bonchev–Trinajstić information content (AvgIpc) is 3.26. The zero-order chi connectivity index (χ0) is 18.5. The minimum absolute atomic E-state index is 0.259. The van der Waals surface area contributed by atoms with E-state index in [-0.39, 0.29) is 11.3 Å². The number of hydrogen-bond donors (Lipinski definition) is 2. The molecule has 8 heteroatoms. The van der Waals surface area contributed by atoms with E-state index in [9.17, 15) is 9.18 Å². The number of halogens is 2. The monoisotopic (exact) mass is 379 g/mol. The number of imidazole rings is 1. The first-order valence-electron chi connectivity index (χ1n) is 8.10. The molecule has 0 aliphatic carbocycles. The Kier molecular flexibility index (Phi) is 3.38. The second-order valence-corrected chi connectivity index (χ2v) is 6.49. The smallest absolute Gasteiger partial charge is 0.331 e. The highest BCUT2D eigenvalue weighted by Gasteiger charge is 2.17. The van der Waals surface area contributed by atoms with Gasteiger partial charge in [0.2, 0.25) is 0 Å². The molecule has 5 aromatic rings. The number of nitrogens with zero attached hydrogens (tertiary/aromatic N) is 3. The summed E-state index contributed by atoms with van der Waals surface area (Å²) >= 11 is 6.04. The number of benzene rings is 1. The molecule has 0 saturated heterocycles. The number of rotatable bonds is 2. The highest BCUT2D eigenvalue weighted by atomic mass is 35.5. The zero-order valence-corrected chi connectivity index (χ0v) is 14.5. The van der Waals surface area contributed by atoms with Crippen molar-refractivity contribution < 1.29 is 4.39 Å². The maximum atomic E-state index is 14.4. The number of hydrogen-bond acceptors (Lipinski definition) is 3. The van der Waals surface area contributed by atoms with Gasteiger partial charge in [-0.25, -0.2) is 14.2 Å². The molecule has 0 unspecified atom stereocenters. The summed E-state index contributed by atoms with van der Waals surface area (Å²) in [6, 6.07) is 9.53. The second-order valence-electron chi connectivity index (χ2n) is 6.05. The third-order valence-electron chi connectivity index (χ3n) is 4.44. The molecular formula is C19H11ClFN5O. The number of aromatic nitrogens is 5. The molecule has 5 rings (SSSR count). The van der Waals surface area contributed by atoms with Crippen LogP contribution < -0.4 is 5.69 Å². The first kappa shape index (κ1) is 15.8. The molecule has 6 nitrogen and oxygen atoms in total. The van der Waals surface area contributed by atoms with Crippen LogP contribution in [0, 0.1) is 5.82 Å². The fraction of sp³-hybridized carbons (Fsp3) is 0. The van der Waals surface area contributed by atoms with Crippen LogP contribution >= 0.6 is 11.6 Å². The standard InChI is InChI=1S/C19H11ClFN5O/c20-10-1-2-13(21)12(7-10)14-8-17(11-3-6-23-18(11)24-14)26-16-4-5-22-9-15(16)25-19(26)27/h1-9H,(H,23,24)(H,25,27). The van der Waals surface area contributed by atoms with Crippen LogP contribution in [0.3, 0.4) is 0 Å². The average molecular weight is 380 g/mol. The highest BCUT2D eigenvalue weighted by molar-refractivity contribution is 6.30. The lowest BCUT2D eigenvalue weighted by atomic mass is 10.1. The van der Waals surface area contributed by atoms with E-state index in [4.69, 9.17) is 11.6 Å². The zero-order valence-electron chi connectivity index (χ0n) is 13.7. The molecule has 0 aliphatic heterocycles. The van der Waals surface area contributed by atoms with Crippen LogP contribution in [0.5, 0.6) is 0 Å². The molecule has 0 amide bonds. The summed E-state index contributed by atoms with van der Waals surface area (Å²) in [6.45, 7) is 0. The van der Waals surface area contributed by atoms with Gasteiger partial charge < -0.3 is 9.97 Å². The van der Waals surface area contributed by atoms with E-state index in [1.54, 1.807) is 30.7 Å². The maximum Gasteiger partial charge on any atom is 0.331 e. The fourth-order valence-electron chi connectivity index (χ4n) is 3.23. The van der Waals surface area contributed by atoms with Crippen molar-refractivity contribution in [3.05, 3.63) is 76.3 Å². The quantitative estimate of drug-likeness (QED) is 0.485. The Bertz CT molecular complexity index is 1380. The van der Waals surface area contributed by atoms with Crippen LogP contribution in [0.2, 0.25) is 5.02 Å². The van der Waals surface area contributed by atoms with Gasteiger partial charge in [-0.3, -0.25) is 9.55 Å². The Labute approximate surface area is 156 Å². The van der Waals surface area contributed by atoms with Crippen molar-refractivity contribution in [2.75, 3.05) is 0 Å². The first-order chi connectivity index (χ1) is 13.1. The molecule has 0 fully saturated rings. The Morgan fingerprint density at radius 1 is 1.15 bits per heavy atom. The lowest BCUT2D eigenvalue weighted by molar-refractivity contribution is 0.631. The van der Waals surface area contributed by atoms with E-state index in [0.29, 0.717) is 33.1 Å². The third kappa shape index (κ3) is 2.43. The van der Waals surface area contributed by atoms with Gasteiger partial charge in [-0.2, -0.15) is 0 Å². The summed E-state index contributed by atoms with van der Waals surface area (Å²) in [4.78, 5) is 27.0. The number of pyridine rings is 2.